The molecule has 0 spiro atoms. The molecular weight excluding hydrogens is 252 g/mol. The first-order valence-corrected chi connectivity index (χ1v) is 7.71. The van der Waals surface area contributed by atoms with E-state index in [1.54, 1.807) is 0 Å². The van der Waals surface area contributed by atoms with Crippen LogP contribution in [0.4, 0.5) is 0 Å². The summed E-state index contributed by atoms with van der Waals surface area (Å²) >= 11 is 0. The predicted molar refractivity (Wildman–Crippen MR) is 78.1 cm³/mol. The van der Waals surface area contributed by atoms with E-state index in [0.29, 0.717) is 25.0 Å². The summed E-state index contributed by atoms with van der Waals surface area (Å²) in [5, 5.41) is 11.0. The van der Waals surface area contributed by atoms with Gasteiger partial charge in [-0.1, -0.05) is 19.9 Å². The van der Waals surface area contributed by atoms with Crippen LogP contribution in [0.25, 0.3) is 0 Å². The van der Waals surface area contributed by atoms with Gasteiger partial charge in [-0.2, -0.15) is 0 Å². The second kappa shape index (κ2) is 5.28. The maximum absolute atomic E-state index is 11.0. The molecule has 1 aliphatic carbocycles. The molecule has 1 saturated carbocycles. The maximum Gasteiger partial charge on any atom is 0.161 e. The van der Waals surface area contributed by atoms with Crippen LogP contribution in [-0.4, -0.2) is 18.3 Å². The molecule has 0 radical (unpaired) electrons. The minimum absolute atomic E-state index is 0.546. The topological polar surface area (TPSA) is 38.7 Å². The Morgan fingerprint density at radius 1 is 1.10 bits per heavy atom. The van der Waals surface area contributed by atoms with Crippen LogP contribution >= 0.6 is 0 Å². The summed E-state index contributed by atoms with van der Waals surface area (Å²) in [5.41, 5.74) is 0.261. The van der Waals surface area contributed by atoms with Gasteiger partial charge in [0.15, 0.2) is 11.5 Å². The molecule has 1 aromatic carbocycles. The molecule has 0 aromatic heterocycles. The van der Waals surface area contributed by atoms with Gasteiger partial charge in [-0.15, -0.1) is 0 Å². The molecule has 1 fully saturated rings. The highest BCUT2D eigenvalue weighted by molar-refractivity contribution is 5.45. The van der Waals surface area contributed by atoms with Gasteiger partial charge in [-0.25, -0.2) is 0 Å². The molecule has 3 rings (SSSR count). The number of hydrogen-bond donors (Lipinski definition) is 1. The Labute approximate surface area is 120 Å². The summed E-state index contributed by atoms with van der Waals surface area (Å²) in [6.45, 7) is 5.89. The molecule has 0 bridgehead atoms. The molecule has 1 aromatic rings. The van der Waals surface area contributed by atoms with Crippen molar-refractivity contribution in [2.45, 2.75) is 45.1 Å². The maximum atomic E-state index is 11.0. The first-order valence-electron chi connectivity index (χ1n) is 7.71. The zero-order chi connectivity index (χ0) is 14.2. The van der Waals surface area contributed by atoms with Crippen LogP contribution in [0, 0.1) is 11.8 Å². The van der Waals surface area contributed by atoms with Gasteiger partial charge in [0, 0.05) is 6.42 Å². The van der Waals surface area contributed by atoms with Crippen LogP contribution in [0.3, 0.4) is 0 Å². The van der Waals surface area contributed by atoms with Crippen molar-refractivity contribution in [3.05, 3.63) is 23.8 Å². The highest BCUT2D eigenvalue weighted by atomic mass is 16.5. The lowest BCUT2D eigenvalue weighted by Gasteiger charge is -2.39. The Kier molecular flexibility index (Phi) is 3.63. The lowest BCUT2D eigenvalue weighted by atomic mass is 9.70. The highest BCUT2D eigenvalue weighted by Crippen LogP contribution is 2.44. The van der Waals surface area contributed by atoms with Gasteiger partial charge in [0.05, 0.1) is 18.8 Å². The van der Waals surface area contributed by atoms with Crippen LogP contribution < -0.4 is 9.47 Å². The van der Waals surface area contributed by atoms with Gasteiger partial charge in [-0.05, 0) is 48.8 Å². The van der Waals surface area contributed by atoms with Crippen molar-refractivity contribution in [2.75, 3.05) is 13.2 Å². The summed E-state index contributed by atoms with van der Waals surface area (Å²) in [6, 6.07) is 5.91. The largest absolute Gasteiger partial charge is 0.490 e. The van der Waals surface area contributed by atoms with Crippen molar-refractivity contribution in [1.29, 1.82) is 0 Å². The standard InChI is InChI=1S/C17H24O3/c1-12-6-7-17(18,11-13(12)2)14-4-5-15-16(10-14)20-9-3-8-19-15/h4-5,10,12-13,18H,3,6-9,11H2,1-2H3. The lowest BCUT2D eigenvalue weighted by Crippen LogP contribution is -2.35. The molecule has 1 N–H and O–H groups in total. The molecule has 3 atom stereocenters. The van der Waals surface area contributed by atoms with Crippen molar-refractivity contribution in [1.82, 2.24) is 0 Å². The Bertz CT molecular complexity index is 485. The molecule has 3 unspecified atom stereocenters. The average molecular weight is 276 g/mol. The first-order chi connectivity index (χ1) is 9.58. The molecule has 0 saturated heterocycles. The Morgan fingerprint density at radius 3 is 2.60 bits per heavy atom. The number of hydrogen-bond acceptors (Lipinski definition) is 3. The minimum Gasteiger partial charge on any atom is -0.490 e. The number of benzene rings is 1. The second-order valence-electron chi connectivity index (χ2n) is 6.44. The summed E-state index contributed by atoms with van der Waals surface area (Å²) in [7, 11) is 0. The van der Waals surface area contributed by atoms with Gasteiger partial charge in [0.1, 0.15) is 0 Å². The summed E-state index contributed by atoms with van der Waals surface area (Å²) in [5.74, 6) is 2.81. The molecule has 3 nitrogen and oxygen atoms in total. The zero-order valence-corrected chi connectivity index (χ0v) is 12.4. The van der Waals surface area contributed by atoms with E-state index in [1.807, 2.05) is 18.2 Å². The van der Waals surface area contributed by atoms with Crippen molar-refractivity contribution < 1.29 is 14.6 Å². The Hall–Kier alpha value is -1.22. The van der Waals surface area contributed by atoms with Crippen molar-refractivity contribution in [3.63, 3.8) is 0 Å². The van der Waals surface area contributed by atoms with Crippen LogP contribution in [0.15, 0.2) is 18.2 Å². The number of ether oxygens (including phenoxy) is 2. The summed E-state index contributed by atoms with van der Waals surface area (Å²) < 4.78 is 11.4. The highest BCUT2D eigenvalue weighted by Gasteiger charge is 2.37. The molecule has 110 valence electrons. The van der Waals surface area contributed by atoms with E-state index >= 15 is 0 Å². The van der Waals surface area contributed by atoms with Crippen molar-refractivity contribution in [3.8, 4) is 11.5 Å². The van der Waals surface area contributed by atoms with E-state index in [-0.39, 0.29) is 0 Å². The third-order valence-corrected chi connectivity index (χ3v) is 4.93. The van der Waals surface area contributed by atoms with Crippen LogP contribution in [0.5, 0.6) is 11.5 Å². The van der Waals surface area contributed by atoms with Gasteiger partial charge in [0.2, 0.25) is 0 Å². The monoisotopic (exact) mass is 276 g/mol. The van der Waals surface area contributed by atoms with Gasteiger partial charge >= 0.3 is 0 Å². The van der Waals surface area contributed by atoms with Crippen molar-refractivity contribution >= 4 is 0 Å². The fraction of sp³-hybridized carbons (Fsp3) is 0.647. The molecule has 0 amide bonds. The van der Waals surface area contributed by atoms with E-state index in [9.17, 15) is 5.11 Å². The normalized spacial score (nSPS) is 33.5. The lowest BCUT2D eigenvalue weighted by molar-refractivity contribution is -0.0337. The molecular formula is C17H24O3. The molecule has 2 aliphatic rings. The number of aliphatic hydroxyl groups is 1. The SMILES string of the molecule is CC1CCC(O)(c2ccc3c(c2)OCCCO3)CC1C. The first kappa shape index (κ1) is 13.7. The van der Waals surface area contributed by atoms with Crippen molar-refractivity contribution in [2.24, 2.45) is 11.8 Å². The van der Waals surface area contributed by atoms with Crippen LogP contribution in [0.1, 0.15) is 45.1 Å². The van der Waals surface area contributed by atoms with E-state index in [1.165, 1.54) is 0 Å². The molecule has 1 aliphatic heterocycles. The molecule has 20 heavy (non-hydrogen) atoms. The van der Waals surface area contributed by atoms with Gasteiger partial charge in [0.25, 0.3) is 0 Å². The fourth-order valence-corrected chi connectivity index (χ4v) is 3.30. The smallest absolute Gasteiger partial charge is 0.161 e. The number of fused-ring (bicyclic) bond motifs is 1. The zero-order valence-electron chi connectivity index (χ0n) is 12.4. The Balaban J connectivity index is 1.88. The van der Waals surface area contributed by atoms with Crippen LogP contribution in [0.2, 0.25) is 0 Å². The summed E-state index contributed by atoms with van der Waals surface area (Å²) in [6.07, 6.45) is 3.64. The van der Waals surface area contributed by atoms with E-state index < -0.39 is 5.60 Å². The third-order valence-electron chi connectivity index (χ3n) is 4.93. The van der Waals surface area contributed by atoms with Gasteiger partial charge in [-0.3, -0.25) is 0 Å². The minimum atomic E-state index is -0.712. The van der Waals surface area contributed by atoms with E-state index in [4.69, 9.17) is 9.47 Å². The Morgan fingerprint density at radius 2 is 1.85 bits per heavy atom. The van der Waals surface area contributed by atoms with Crippen LogP contribution in [-0.2, 0) is 5.60 Å². The molecule has 3 heteroatoms. The van der Waals surface area contributed by atoms with E-state index in [0.717, 1.165) is 42.7 Å². The van der Waals surface area contributed by atoms with E-state index in [2.05, 4.69) is 13.8 Å². The quantitative estimate of drug-likeness (QED) is 0.853. The third kappa shape index (κ3) is 2.51. The average Bonchev–Trinajstić information content (AvgIpc) is 2.68. The fourth-order valence-electron chi connectivity index (χ4n) is 3.30. The molecule has 1 heterocycles. The second-order valence-corrected chi connectivity index (χ2v) is 6.44. The summed E-state index contributed by atoms with van der Waals surface area (Å²) in [4.78, 5) is 0. The van der Waals surface area contributed by atoms with Gasteiger partial charge < -0.3 is 14.6 Å². The number of rotatable bonds is 1. The predicted octanol–water partition coefficient (Wildman–Crippen LogP) is 3.49.